The molecule has 1 atom stereocenters. The summed E-state index contributed by atoms with van der Waals surface area (Å²) in [6.45, 7) is -0.507. The number of likely N-dealkylation sites (tertiary alicyclic amines) is 1. The van der Waals surface area contributed by atoms with Gasteiger partial charge in [-0.2, -0.15) is 0 Å². The van der Waals surface area contributed by atoms with Gasteiger partial charge >= 0.3 is 5.97 Å². The second-order valence-electron chi connectivity index (χ2n) is 6.94. The first kappa shape index (κ1) is 23.1. The number of benzene rings is 1. The number of rotatable bonds is 5. The zero-order valence-electron chi connectivity index (χ0n) is 16.5. The van der Waals surface area contributed by atoms with Crippen LogP contribution < -0.4 is 0 Å². The lowest BCUT2D eigenvalue weighted by atomic mass is 10.0. The summed E-state index contributed by atoms with van der Waals surface area (Å²) in [6.07, 6.45) is -0.0427. The van der Waals surface area contributed by atoms with Gasteiger partial charge in [0.25, 0.3) is 17.7 Å². The van der Waals surface area contributed by atoms with E-state index >= 15 is 0 Å². The summed E-state index contributed by atoms with van der Waals surface area (Å²) in [7, 11) is 3.43. The molecule has 2 aliphatic heterocycles. The van der Waals surface area contributed by atoms with Crippen LogP contribution in [0.3, 0.4) is 0 Å². The van der Waals surface area contributed by atoms with E-state index in [1.807, 2.05) is 0 Å². The van der Waals surface area contributed by atoms with Crippen molar-refractivity contribution in [2.24, 2.45) is 0 Å². The molecule has 1 fully saturated rings. The molecule has 30 heavy (non-hydrogen) atoms. The van der Waals surface area contributed by atoms with Gasteiger partial charge in [-0.15, -0.1) is 0 Å². The van der Waals surface area contributed by atoms with Crippen molar-refractivity contribution in [1.82, 2.24) is 14.7 Å². The van der Waals surface area contributed by atoms with E-state index < -0.39 is 48.1 Å². The van der Waals surface area contributed by atoms with E-state index in [2.05, 4.69) is 0 Å². The van der Waals surface area contributed by atoms with E-state index in [9.17, 15) is 28.4 Å². The van der Waals surface area contributed by atoms with E-state index in [1.54, 1.807) is 19.0 Å². The molecule has 2 heterocycles. The molecule has 0 aromatic heterocycles. The lowest BCUT2D eigenvalue weighted by molar-refractivity contribution is -0.152. The fourth-order valence-electron chi connectivity index (χ4n) is 3.21. The molecule has 1 aromatic carbocycles. The number of carbonyl (C=O) groups is 5. The number of hydrogen-bond donors (Lipinski definition) is 2. The van der Waals surface area contributed by atoms with Crippen LogP contribution >= 0.6 is 0 Å². The third kappa shape index (κ3) is 4.69. The minimum atomic E-state index is -1.16. The van der Waals surface area contributed by atoms with E-state index in [-0.39, 0.29) is 37.1 Å². The highest BCUT2D eigenvalue weighted by Gasteiger charge is 2.47. The maximum Gasteiger partial charge on any atom is 0.317 e. The van der Waals surface area contributed by atoms with Crippen LogP contribution in [-0.2, 0) is 14.4 Å². The number of hydrogen-bond acceptors (Lipinski definition) is 7. The molecular formula is C19H22FN3O7. The Hall–Kier alpha value is -3.18. The van der Waals surface area contributed by atoms with Gasteiger partial charge in [0, 0.05) is 6.42 Å². The van der Waals surface area contributed by atoms with E-state index in [1.165, 1.54) is 12.1 Å². The van der Waals surface area contributed by atoms with Gasteiger partial charge in [0.2, 0.25) is 5.91 Å². The van der Waals surface area contributed by atoms with Crippen LogP contribution in [0.1, 0.15) is 33.6 Å². The number of amides is 4. The number of carboxylic acids is 1. The Morgan fingerprint density at radius 2 is 1.87 bits per heavy atom. The minimum absolute atomic E-state index is 0.00726. The van der Waals surface area contributed by atoms with Gasteiger partial charge in [-0.05, 0) is 32.6 Å². The predicted molar refractivity (Wildman–Crippen MR) is 99.9 cm³/mol. The number of fused-ring (bicyclic) bond motifs is 1. The van der Waals surface area contributed by atoms with Crippen molar-refractivity contribution < 1.29 is 38.6 Å². The number of β-amino-alcohol motifs (C(OH)–C–C–N with tert-alkyl or cyclic N) is 1. The quantitative estimate of drug-likeness (QED) is 0.609. The Kier molecular flexibility index (Phi) is 7.35. The summed E-state index contributed by atoms with van der Waals surface area (Å²) in [5.74, 6) is -4.44. The fourth-order valence-corrected chi connectivity index (χ4v) is 3.21. The molecule has 162 valence electrons. The Morgan fingerprint density at radius 1 is 1.20 bits per heavy atom. The molecule has 0 bridgehead atoms. The Labute approximate surface area is 171 Å². The lowest BCUT2D eigenvalue weighted by Crippen LogP contribution is -2.56. The molecule has 2 aliphatic rings. The molecule has 1 aromatic rings. The summed E-state index contributed by atoms with van der Waals surface area (Å²) in [5.41, 5.74) is -0.440. The summed E-state index contributed by atoms with van der Waals surface area (Å²) in [4.78, 5) is 61.8. The Balaban J connectivity index is 0.000000396. The van der Waals surface area contributed by atoms with Gasteiger partial charge < -0.3 is 10.2 Å². The molecule has 0 aliphatic carbocycles. The summed E-state index contributed by atoms with van der Waals surface area (Å²) in [6, 6.07) is 2.54. The monoisotopic (exact) mass is 423 g/mol. The first-order valence-electron chi connectivity index (χ1n) is 9.08. The Bertz CT molecular complexity index is 887. The molecule has 0 saturated carbocycles. The van der Waals surface area contributed by atoms with Crippen molar-refractivity contribution >= 4 is 29.6 Å². The SMILES string of the molecule is CN(C)CC(=O)O.O=C1CCC(N2C(=O)c3cccc(F)c3C2=O)C(=O)N1CCO. The highest BCUT2D eigenvalue weighted by atomic mass is 19.1. The molecule has 1 saturated heterocycles. The number of imide groups is 2. The van der Waals surface area contributed by atoms with Crippen molar-refractivity contribution in [1.29, 1.82) is 0 Å². The van der Waals surface area contributed by atoms with Crippen LogP contribution in [0.15, 0.2) is 18.2 Å². The highest BCUT2D eigenvalue weighted by molar-refractivity contribution is 6.23. The smallest absolute Gasteiger partial charge is 0.317 e. The second kappa shape index (κ2) is 9.55. The lowest BCUT2D eigenvalue weighted by Gasteiger charge is -2.34. The summed E-state index contributed by atoms with van der Waals surface area (Å²) < 4.78 is 13.8. The number of halogens is 1. The van der Waals surface area contributed by atoms with Crippen LogP contribution in [0, 0.1) is 5.82 Å². The number of carboxylic acid groups (broad SMARTS) is 1. The molecular weight excluding hydrogens is 401 g/mol. The Morgan fingerprint density at radius 3 is 2.37 bits per heavy atom. The highest BCUT2D eigenvalue weighted by Crippen LogP contribution is 2.30. The van der Waals surface area contributed by atoms with Crippen LogP contribution in [-0.4, -0.2) is 94.3 Å². The maximum absolute atomic E-state index is 13.8. The van der Waals surface area contributed by atoms with Crippen LogP contribution in [0.4, 0.5) is 4.39 Å². The average molecular weight is 423 g/mol. The number of likely N-dealkylation sites (N-methyl/N-ethyl adjacent to an activating group) is 1. The summed E-state index contributed by atoms with van der Waals surface area (Å²) in [5, 5.41) is 17.0. The van der Waals surface area contributed by atoms with Crippen molar-refractivity contribution in [3.05, 3.63) is 35.1 Å². The normalized spacial score (nSPS) is 18.5. The third-order valence-corrected chi connectivity index (χ3v) is 4.47. The maximum atomic E-state index is 13.8. The zero-order valence-corrected chi connectivity index (χ0v) is 16.5. The molecule has 10 nitrogen and oxygen atoms in total. The van der Waals surface area contributed by atoms with E-state index in [4.69, 9.17) is 10.2 Å². The first-order valence-corrected chi connectivity index (χ1v) is 9.08. The molecule has 0 spiro atoms. The van der Waals surface area contributed by atoms with Gasteiger partial charge in [0.15, 0.2) is 0 Å². The topological polar surface area (TPSA) is 136 Å². The number of aliphatic carboxylic acids is 1. The predicted octanol–water partition coefficient (Wildman–Crippen LogP) is -0.436. The van der Waals surface area contributed by atoms with Crippen molar-refractivity contribution in [3.8, 4) is 0 Å². The number of nitrogens with zero attached hydrogens (tertiary/aromatic N) is 3. The summed E-state index contributed by atoms with van der Waals surface area (Å²) >= 11 is 0. The molecule has 1 unspecified atom stereocenters. The fraction of sp³-hybridized carbons (Fsp3) is 0.421. The first-order chi connectivity index (χ1) is 14.1. The number of aliphatic hydroxyl groups is 1. The van der Waals surface area contributed by atoms with Gasteiger partial charge in [0.1, 0.15) is 11.9 Å². The van der Waals surface area contributed by atoms with Crippen LogP contribution in [0.5, 0.6) is 0 Å². The van der Waals surface area contributed by atoms with Gasteiger partial charge in [-0.3, -0.25) is 38.7 Å². The van der Waals surface area contributed by atoms with Crippen LogP contribution in [0.25, 0.3) is 0 Å². The molecule has 4 amide bonds. The van der Waals surface area contributed by atoms with E-state index in [0.717, 1.165) is 11.0 Å². The van der Waals surface area contributed by atoms with Gasteiger partial charge in [-0.1, -0.05) is 6.07 Å². The molecule has 2 N–H and O–H groups in total. The van der Waals surface area contributed by atoms with E-state index in [0.29, 0.717) is 4.90 Å². The molecule has 11 heteroatoms. The average Bonchev–Trinajstić information content (AvgIpc) is 2.90. The minimum Gasteiger partial charge on any atom is -0.480 e. The van der Waals surface area contributed by atoms with Crippen molar-refractivity contribution in [2.75, 3.05) is 33.8 Å². The molecule has 3 rings (SSSR count). The van der Waals surface area contributed by atoms with Crippen molar-refractivity contribution in [2.45, 2.75) is 18.9 Å². The number of piperidine rings is 1. The van der Waals surface area contributed by atoms with Crippen molar-refractivity contribution in [3.63, 3.8) is 0 Å². The number of aliphatic hydroxyl groups excluding tert-OH is 1. The number of carbonyl (C=O) groups excluding carboxylic acids is 4. The van der Waals surface area contributed by atoms with Gasteiger partial charge in [0.05, 0.1) is 30.8 Å². The largest absolute Gasteiger partial charge is 0.480 e. The third-order valence-electron chi connectivity index (χ3n) is 4.47. The standard InChI is InChI=1S/C15H13FN2O5.C4H9NO2/c16-9-3-1-2-8-12(9)15(23)18(13(8)21)10-4-5-11(20)17(6-7-19)14(10)22;1-5(2)3-4(6)7/h1-3,10,19H,4-7H2;3H2,1-2H3,(H,6,7). The zero-order chi connectivity index (χ0) is 22.6. The second-order valence-corrected chi connectivity index (χ2v) is 6.94. The van der Waals surface area contributed by atoms with Crippen LogP contribution in [0.2, 0.25) is 0 Å². The van der Waals surface area contributed by atoms with Gasteiger partial charge in [-0.25, -0.2) is 4.39 Å². The molecule has 0 radical (unpaired) electrons.